The third-order valence-electron chi connectivity index (χ3n) is 2.23. The lowest BCUT2D eigenvalue weighted by Crippen LogP contribution is -2.01. The molecule has 0 radical (unpaired) electrons. The van der Waals surface area contributed by atoms with Gasteiger partial charge in [0.15, 0.2) is 0 Å². The fourth-order valence-electron chi connectivity index (χ4n) is 1.59. The molecule has 74 valence electrons. The molecule has 1 heterocycles. The highest BCUT2D eigenvalue weighted by molar-refractivity contribution is 6.30. The monoisotopic (exact) mass is 208 g/mol. The van der Waals surface area contributed by atoms with E-state index in [2.05, 4.69) is 31.8 Å². The van der Waals surface area contributed by atoms with E-state index in [1.807, 2.05) is 0 Å². The summed E-state index contributed by atoms with van der Waals surface area (Å²) in [7, 11) is 0. The fraction of sp³-hybridized carbons (Fsp3) is 0.455. The Morgan fingerprint density at radius 2 is 2.21 bits per heavy atom. The summed E-state index contributed by atoms with van der Waals surface area (Å²) >= 11 is 5.87. The molecule has 0 fully saturated rings. The minimum absolute atomic E-state index is 0.306. The van der Waals surface area contributed by atoms with Gasteiger partial charge < -0.3 is 0 Å². The minimum atomic E-state index is 0.306. The lowest BCUT2D eigenvalue weighted by atomic mass is 9.93. The third kappa shape index (κ3) is 1.88. The summed E-state index contributed by atoms with van der Waals surface area (Å²) in [5.41, 5.74) is 2.68. The van der Waals surface area contributed by atoms with Crippen LogP contribution in [0.2, 0.25) is 5.15 Å². The molecule has 0 amide bonds. The molecule has 0 bridgehead atoms. The first-order valence-electron chi connectivity index (χ1n) is 4.69. The maximum Gasteiger partial charge on any atom is 0.147 e. The molecule has 3 heteroatoms. The van der Waals surface area contributed by atoms with E-state index in [9.17, 15) is 0 Å². The molecule has 0 N–H and O–H groups in total. The first kappa shape index (κ1) is 11.0. The number of aryl methyl sites for hydroxylation is 1. The molecule has 0 saturated carbocycles. The Bertz CT molecular complexity index is 378. The van der Waals surface area contributed by atoms with Crippen LogP contribution in [0.15, 0.2) is 6.20 Å². The fourth-order valence-corrected chi connectivity index (χ4v) is 1.78. The smallest absolute Gasteiger partial charge is 0.147 e. The lowest BCUT2D eigenvalue weighted by Gasteiger charge is -2.13. The second kappa shape index (κ2) is 4.43. The van der Waals surface area contributed by atoms with Gasteiger partial charge in [0, 0.05) is 6.20 Å². The van der Waals surface area contributed by atoms with Gasteiger partial charge >= 0.3 is 0 Å². The van der Waals surface area contributed by atoms with E-state index >= 15 is 0 Å². The van der Waals surface area contributed by atoms with Crippen LogP contribution in [-0.4, -0.2) is 4.98 Å². The quantitative estimate of drug-likeness (QED) is 0.700. The van der Waals surface area contributed by atoms with Crippen LogP contribution in [0.25, 0.3) is 0 Å². The number of aromatic nitrogens is 1. The number of halogens is 1. The van der Waals surface area contributed by atoms with E-state index in [0.717, 1.165) is 17.5 Å². The Labute approximate surface area is 89.5 Å². The molecule has 14 heavy (non-hydrogen) atoms. The Morgan fingerprint density at radius 3 is 2.64 bits per heavy atom. The molecule has 2 nitrogen and oxygen atoms in total. The highest BCUT2D eigenvalue weighted by Crippen LogP contribution is 2.27. The summed E-state index contributed by atoms with van der Waals surface area (Å²) in [5.74, 6) is 0.306. The molecule has 0 spiro atoms. The predicted octanol–water partition coefficient (Wildman–Crippen LogP) is 3.29. The molecule has 0 saturated heterocycles. The zero-order valence-electron chi connectivity index (χ0n) is 8.63. The van der Waals surface area contributed by atoms with Crippen LogP contribution >= 0.6 is 11.6 Å². The first-order valence-corrected chi connectivity index (χ1v) is 5.07. The van der Waals surface area contributed by atoms with Crippen molar-refractivity contribution in [1.29, 1.82) is 5.26 Å². The van der Waals surface area contributed by atoms with Crippen LogP contribution in [0.5, 0.6) is 0 Å². The molecule has 1 aromatic heterocycles. The van der Waals surface area contributed by atoms with Crippen molar-refractivity contribution >= 4 is 11.6 Å². The Hall–Kier alpha value is -1.07. The number of pyridine rings is 1. The number of hydrogen-bond acceptors (Lipinski definition) is 2. The number of nitriles is 1. The van der Waals surface area contributed by atoms with Gasteiger partial charge in [-0.25, -0.2) is 4.98 Å². The van der Waals surface area contributed by atoms with Gasteiger partial charge in [-0.3, -0.25) is 0 Å². The van der Waals surface area contributed by atoms with Gasteiger partial charge in [-0.05, 0) is 23.5 Å². The average molecular weight is 209 g/mol. The second-order valence-corrected chi connectivity index (χ2v) is 3.84. The van der Waals surface area contributed by atoms with Crippen LogP contribution in [0.4, 0.5) is 0 Å². The first-order chi connectivity index (χ1) is 6.61. The molecule has 0 aliphatic rings. The van der Waals surface area contributed by atoms with Gasteiger partial charge in [0.2, 0.25) is 0 Å². The summed E-state index contributed by atoms with van der Waals surface area (Å²) in [4.78, 5) is 4.01. The SMILES string of the molecule is CCc1cnc(Cl)c(C#N)c1C(C)C. The van der Waals surface area contributed by atoms with Crippen LogP contribution in [0, 0.1) is 11.3 Å². The summed E-state index contributed by atoms with van der Waals surface area (Å²) < 4.78 is 0. The number of hydrogen-bond donors (Lipinski definition) is 0. The van der Waals surface area contributed by atoms with Gasteiger partial charge in [-0.15, -0.1) is 0 Å². The largest absolute Gasteiger partial charge is 0.243 e. The summed E-state index contributed by atoms with van der Waals surface area (Å²) in [6.45, 7) is 6.18. The molecule has 0 atom stereocenters. The maximum absolute atomic E-state index is 8.99. The molecule has 0 unspecified atom stereocenters. The van der Waals surface area contributed by atoms with Crippen LogP contribution < -0.4 is 0 Å². The van der Waals surface area contributed by atoms with Crippen molar-refractivity contribution in [2.45, 2.75) is 33.1 Å². The van der Waals surface area contributed by atoms with Crippen LogP contribution in [0.1, 0.15) is 43.4 Å². The molecule has 1 aromatic rings. The minimum Gasteiger partial charge on any atom is -0.243 e. The topological polar surface area (TPSA) is 36.7 Å². The standard InChI is InChI=1S/C11H13ClN2/c1-4-8-6-14-11(12)9(5-13)10(8)7(2)3/h6-7H,4H2,1-3H3. The third-order valence-corrected chi connectivity index (χ3v) is 2.51. The molecule has 0 aliphatic heterocycles. The normalized spacial score (nSPS) is 10.3. The van der Waals surface area contributed by atoms with Crippen molar-refractivity contribution in [3.05, 3.63) is 28.0 Å². The van der Waals surface area contributed by atoms with E-state index in [-0.39, 0.29) is 0 Å². The van der Waals surface area contributed by atoms with Crippen molar-refractivity contribution in [1.82, 2.24) is 4.98 Å². The van der Waals surface area contributed by atoms with Gasteiger partial charge in [0.05, 0.1) is 5.56 Å². The molecular weight excluding hydrogens is 196 g/mol. The molecule has 0 aromatic carbocycles. The Balaban J connectivity index is 3.46. The molecule has 0 aliphatic carbocycles. The van der Waals surface area contributed by atoms with E-state index < -0.39 is 0 Å². The van der Waals surface area contributed by atoms with E-state index in [4.69, 9.17) is 16.9 Å². The van der Waals surface area contributed by atoms with Crippen molar-refractivity contribution in [3.63, 3.8) is 0 Å². The van der Waals surface area contributed by atoms with E-state index in [1.165, 1.54) is 0 Å². The van der Waals surface area contributed by atoms with Crippen molar-refractivity contribution in [2.75, 3.05) is 0 Å². The van der Waals surface area contributed by atoms with Crippen molar-refractivity contribution < 1.29 is 0 Å². The summed E-state index contributed by atoms with van der Waals surface area (Å²) in [6, 6.07) is 2.13. The van der Waals surface area contributed by atoms with Crippen LogP contribution in [0.3, 0.4) is 0 Å². The molecular formula is C11H13ClN2. The van der Waals surface area contributed by atoms with Gasteiger partial charge in [0.25, 0.3) is 0 Å². The summed E-state index contributed by atoms with van der Waals surface area (Å²) in [5, 5.41) is 9.31. The van der Waals surface area contributed by atoms with E-state index in [0.29, 0.717) is 16.6 Å². The average Bonchev–Trinajstić information content (AvgIpc) is 2.17. The zero-order valence-corrected chi connectivity index (χ0v) is 9.39. The number of nitrogens with zero attached hydrogens (tertiary/aromatic N) is 2. The van der Waals surface area contributed by atoms with Gasteiger partial charge in [0.1, 0.15) is 11.2 Å². The number of rotatable bonds is 2. The summed E-state index contributed by atoms with van der Waals surface area (Å²) in [6.07, 6.45) is 2.64. The highest BCUT2D eigenvalue weighted by Gasteiger charge is 2.14. The second-order valence-electron chi connectivity index (χ2n) is 3.48. The Kier molecular flexibility index (Phi) is 3.49. The Morgan fingerprint density at radius 1 is 1.57 bits per heavy atom. The van der Waals surface area contributed by atoms with Crippen molar-refractivity contribution in [2.24, 2.45) is 0 Å². The predicted molar refractivity (Wildman–Crippen MR) is 57.4 cm³/mol. The zero-order chi connectivity index (χ0) is 10.7. The highest BCUT2D eigenvalue weighted by atomic mass is 35.5. The lowest BCUT2D eigenvalue weighted by molar-refractivity contribution is 0.834. The van der Waals surface area contributed by atoms with Gasteiger partial charge in [-0.1, -0.05) is 32.4 Å². The van der Waals surface area contributed by atoms with Crippen LogP contribution in [-0.2, 0) is 6.42 Å². The molecule has 1 rings (SSSR count). The van der Waals surface area contributed by atoms with Crippen molar-refractivity contribution in [3.8, 4) is 6.07 Å². The maximum atomic E-state index is 8.99. The van der Waals surface area contributed by atoms with E-state index in [1.54, 1.807) is 6.20 Å². The van der Waals surface area contributed by atoms with Gasteiger partial charge in [-0.2, -0.15) is 5.26 Å².